The van der Waals surface area contributed by atoms with Crippen molar-refractivity contribution in [2.24, 2.45) is 0 Å². The van der Waals surface area contributed by atoms with Crippen LogP contribution in [0.15, 0.2) is 165 Å². The van der Waals surface area contributed by atoms with E-state index < -0.39 is 5.41 Å². The van der Waals surface area contributed by atoms with Crippen molar-refractivity contribution in [2.75, 3.05) is 0 Å². The molecule has 0 atom stereocenters. The van der Waals surface area contributed by atoms with E-state index >= 15 is 0 Å². The highest BCUT2D eigenvalue weighted by Crippen LogP contribution is 2.48. The SMILES string of the molecule is Sc1ccccc1-c1cc(C(c2ccccc2)(c2ccccc2)c2ccc(S)c(-c3ccccc3S)c2)ccc1S. The van der Waals surface area contributed by atoms with Gasteiger partial charge in [0.15, 0.2) is 0 Å². The molecule has 0 spiro atoms. The van der Waals surface area contributed by atoms with E-state index in [1.54, 1.807) is 0 Å². The van der Waals surface area contributed by atoms with E-state index in [0.717, 1.165) is 53.0 Å². The summed E-state index contributed by atoms with van der Waals surface area (Å²) in [4.78, 5) is 3.63. The lowest BCUT2D eigenvalue weighted by Crippen LogP contribution is -2.31. The maximum Gasteiger partial charge on any atom is 0.0702 e. The molecule has 0 N–H and O–H groups in total. The Labute approximate surface area is 264 Å². The first kappa shape index (κ1) is 27.9. The van der Waals surface area contributed by atoms with E-state index in [0.29, 0.717) is 0 Å². The molecule has 0 heterocycles. The topological polar surface area (TPSA) is 0 Å². The van der Waals surface area contributed by atoms with Crippen LogP contribution in [0.1, 0.15) is 22.3 Å². The van der Waals surface area contributed by atoms with E-state index in [1.807, 2.05) is 36.4 Å². The van der Waals surface area contributed by atoms with E-state index in [-0.39, 0.29) is 0 Å². The Kier molecular flexibility index (Phi) is 8.10. The second-order valence-corrected chi connectivity index (χ2v) is 11.9. The normalized spacial score (nSPS) is 11.4. The molecule has 0 saturated carbocycles. The third-order valence-electron chi connectivity index (χ3n) is 7.66. The predicted octanol–water partition coefficient (Wildman–Crippen LogP) is 10.6. The standard InChI is InChI=1S/C37H28S4/c38-33-17-9-7-15-29(33)31-23-27(19-21-35(31)40)37(25-11-3-1-4-12-25,26-13-5-2-6-14-26)28-20-22-36(41)32(24-28)30-16-8-10-18-34(30)39/h1-24,38-41H. The summed E-state index contributed by atoms with van der Waals surface area (Å²) in [6, 6.07) is 51.0. The summed E-state index contributed by atoms with van der Waals surface area (Å²) < 4.78 is 0. The Hall–Kier alpha value is -3.28. The summed E-state index contributed by atoms with van der Waals surface area (Å²) >= 11 is 19.4. The number of hydrogen-bond acceptors (Lipinski definition) is 4. The summed E-state index contributed by atoms with van der Waals surface area (Å²) in [5.41, 5.74) is 8.15. The van der Waals surface area contributed by atoms with Crippen molar-refractivity contribution >= 4 is 50.5 Å². The van der Waals surface area contributed by atoms with Crippen molar-refractivity contribution in [3.63, 3.8) is 0 Å². The molecule has 0 nitrogen and oxygen atoms in total. The average molecular weight is 601 g/mol. The van der Waals surface area contributed by atoms with E-state index in [1.165, 1.54) is 11.1 Å². The fourth-order valence-electron chi connectivity index (χ4n) is 5.75. The molecule has 0 bridgehead atoms. The fourth-order valence-corrected chi connectivity index (χ4v) is 6.83. The second-order valence-electron chi connectivity index (χ2n) is 9.98. The van der Waals surface area contributed by atoms with Gasteiger partial charge in [-0.15, -0.1) is 50.5 Å². The first-order chi connectivity index (χ1) is 20.0. The minimum atomic E-state index is -0.633. The van der Waals surface area contributed by atoms with Crippen LogP contribution in [0.25, 0.3) is 22.3 Å². The van der Waals surface area contributed by atoms with Gasteiger partial charge in [0.1, 0.15) is 0 Å². The summed E-state index contributed by atoms with van der Waals surface area (Å²) in [5, 5.41) is 0. The Morgan fingerprint density at radius 2 is 0.634 bits per heavy atom. The second kappa shape index (κ2) is 11.9. The lowest BCUT2D eigenvalue weighted by Gasteiger charge is -2.37. The molecule has 6 aromatic rings. The van der Waals surface area contributed by atoms with Crippen LogP contribution in [-0.2, 0) is 5.41 Å². The highest BCUT2D eigenvalue weighted by atomic mass is 32.1. The third kappa shape index (κ3) is 5.15. The summed E-state index contributed by atoms with van der Waals surface area (Å²) in [5.74, 6) is 0. The summed E-state index contributed by atoms with van der Waals surface area (Å²) in [6.45, 7) is 0. The van der Waals surface area contributed by atoms with Crippen LogP contribution < -0.4 is 0 Å². The van der Waals surface area contributed by atoms with Crippen molar-refractivity contribution in [1.29, 1.82) is 0 Å². The van der Waals surface area contributed by atoms with Crippen LogP contribution >= 0.6 is 50.5 Å². The molecule has 0 aliphatic heterocycles. The van der Waals surface area contributed by atoms with Gasteiger partial charge in [0.25, 0.3) is 0 Å². The van der Waals surface area contributed by atoms with Gasteiger partial charge in [-0.2, -0.15) is 0 Å². The zero-order valence-corrected chi connectivity index (χ0v) is 25.7. The van der Waals surface area contributed by atoms with Crippen LogP contribution in [-0.4, -0.2) is 0 Å². The van der Waals surface area contributed by atoms with Gasteiger partial charge in [-0.25, -0.2) is 0 Å². The van der Waals surface area contributed by atoms with Crippen molar-refractivity contribution in [3.05, 3.63) is 168 Å². The number of rotatable bonds is 6. The molecule has 0 aromatic heterocycles. The lowest BCUT2D eigenvalue weighted by atomic mass is 9.64. The molecule has 0 saturated heterocycles. The molecule has 6 rings (SSSR count). The molecule has 0 aliphatic carbocycles. The van der Waals surface area contributed by atoms with Gasteiger partial charge < -0.3 is 0 Å². The minimum absolute atomic E-state index is 0.633. The van der Waals surface area contributed by atoms with Gasteiger partial charge in [-0.1, -0.05) is 109 Å². The molecular formula is C37H28S4. The van der Waals surface area contributed by atoms with Gasteiger partial charge >= 0.3 is 0 Å². The Morgan fingerprint density at radius 1 is 0.293 bits per heavy atom. The zero-order valence-electron chi connectivity index (χ0n) is 22.1. The molecule has 0 unspecified atom stereocenters. The minimum Gasteiger partial charge on any atom is -0.143 e. The molecule has 6 aromatic carbocycles. The molecule has 0 fully saturated rings. The zero-order chi connectivity index (χ0) is 28.4. The van der Waals surface area contributed by atoms with Gasteiger partial charge in [0, 0.05) is 19.6 Å². The number of benzene rings is 6. The molecule has 41 heavy (non-hydrogen) atoms. The average Bonchev–Trinajstić information content (AvgIpc) is 3.01. The van der Waals surface area contributed by atoms with Crippen molar-refractivity contribution in [3.8, 4) is 22.3 Å². The molecular weight excluding hydrogens is 573 g/mol. The van der Waals surface area contributed by atoms with Crippen LogP contribution in [0.5, 0.6) is 0 Å². The maximum absolute atomic E-state index is 4.90. The highest BCUT2D eigenvalue weighted by molar-refractivity contribution is 7.81. The number of hydrogen-bond donors (Lipinski definition) is 4. The van der Waals surface area contributed by atoms with Crippen molar-refractivity contribution in [2.45, 2.75) is 25.0 Å². The van der Waals surface area contributed by atoms with E-state index in [2.05, 4.69) is 109 Å². The smallest absolute Gasteiger partial charge is 0.0702 e. The largest absolute Gasteiger partial charge is 0.143 e. The summed E-state index contributed by atoms with van der Waals surface area (Å²) in [6.07, 6.45) is 0. The van der Waals surface area contributed by atoms with Crippen LogP contribution in [0.3, 0.4) is 0 Å². The van der Waals surface area contributed by atoms with Gasteiger partial charge in [0.2, 0.25) is 0 Å². The highest BCUT2D eigenvalue weighted by Gasteiger charge is 2.39. The van der Waals surface area contributed by atoms with E-state index in [9.17, 15) is 0 Å². The van der Waals surface area contributed by atoms with Gasteiger partial charge in [-0.05, 0) is 80.9 Å². The lowest BCUT2D eigenvalue weighted by molar-refractivity contribution is 0.744. The molecule has 0 aliphatic rings. The van der Waals surface area contributed by atoms with Crippen LogP contribution in [0.2, 0.25) is 0 Å². The van der Waals surface area contributed by atoms with Crippen molar-refractivity contribution in [1.82, 2.24) is 0 Å². The maximum atomic E-state index is 4.90. The molecule has 4 heteroatoms. The molecule has 200 valence electrons. The summed E-state index contributed by atoms with van der Waals surface area (Å²) in [7, 11) is 0. The Morgan fingerprint density at radius 3 is 1.02 bits per heavy atom. The first-order valence-corrected chi connectivity index (χ1v) is 15.1. The van der Waals surface area contributed by atoms with Gasteiger partial charge in [-0.3, -0.25) is 0 Å². The Balaban J connectivity index is 1.73. The van der Waals surface area contributed by atoms with Crippen molar-refractivity contribution < 1.29 is 0 Å². The predicted molar refractivity (Wildman–Crippen MR) is 185 cm³/mol. The Bertz CT molecular complexity index is 1690. The monoisotopic (exact) mass is 600 g/mol. The fraction of sp³-hybridized carbons (Fsp3) is 0.0270. The van der Waals surface area contributed by atoms with Crippen LogP contribution in [0, 0.1) is 0 Å². The van der Waals surface area contributed by atoms with Crippen LogP contribution in [0.4, 0.5) is 0 Å². The molecule has 0 amide bonds. The van der Waals surface area contributed by atoms with Gasteiger partial charge in [0.05, 0.1) is 5.41 Å². The quantitative estimate of drug-likeness (QED) is 0.106. The number of thiol groups is 4. The molecule has 0 radical (unpaired) electrons. The first-order valence-electron chi connectivity index (χ1n) is 13.3. The third-order valence-corrected chi connectivity index (χ3v) is 9.22. The van der Waals surface area contributed by atoms with E-state index in [4.69, 9.17) is 50.5 Å².